The molecule has 0 bridgehead atoms. The van der Waals surface area contributed by atoms with E-state index in [9.17, 15) is 0 Å². The van der Waals surface area contributed by atoms with E-state index >= 15 is 0 Å². The van der Waals surface area contributed by atoms with Crippen molar-refractivity contribution in [2.45, 2.75) is 32.3 Å². The lowest BCUT2D eigenvalue weighted by atomic mass is 10.1. The van der Waals surface area contributed by atoms with Crippen molar-refractivity contribution in [1.82, 2.24) is 5.32 Å². The summed E-state index contributed by atoms with van der Waals surface area (Å²) >= 11 is 0. The molecule has 112 valence electrons. The molecule has 0 aliphatic carbocycles. The second-order valence-electron chi connectivity index (χ2n) is 5.31. The number of hydrogen-bond donors (Lipinski definition) is 1. The van der Waals surface area contributed by atoms with Gasteiger partial charge in [-0.25, -0.2) is 0 Å². The van der Waals surface area contributed by atoms with Gasteiger partial charge in [0.15, 0.2) is 0 Å². The fraction of sp³-hybridized carbons (Fsp3) is 0.368. The van der Waals surface area contributed by atoms with Crippen LogP contribution >= 0.6 is 0 Å². The Balaban J connectivity index is 2.12. The molecule has 2 rings (SSSR count). The van der Waals surface area contributed by atoms with Gasteiger partial charge < -0.3 is 10.1 Å². The van der Waals surface area contributed by atoms with E-state index in [1.54, 1.807) is 0 Å². The minimum Gasteiger partial charge on any atom is -0.486 e. The van der Waals surface area contributed by atoms with Crippen LogP contribution in [0.5, 0.6) is 5.75 Å². The first-order valence-corrected chi connectivity index (χ1v) is 7.78. The molecule has 0 spiro atoms. The summed E-state index contributed by atoms with van der Waals surface area (Å²) in [5.41, 5.74) is 2.57. The van der Waals surface area contributed by atoms with E-state index in [4.69, 9.17) is 4.74 Å². The minimum absolute atomic E-state index is 0.0931. The van der Waals surface area contributed by atoms with E-state index < -0.39 is 0 Å². The topological polar surface area (TPSA) is 21.3 Å². The summed E-state index contributed by atoms with van der Waals surface area (Å²) in [7, 11) is 1.98. The maximum atomic E-state index is 6.25. The minimum atomic E-state index is 0.0931. The smallest absolute Gasteiger partial charge is 0.125 e. The summed E-state index contributed by atoms with van der Waals surface area (Å²) in [6, 6.07) is 18.9. The molecule has 0 heterocycles. The van der Waals surface area contributed by atoms with Gasteiger partial charge in [0.1, 0.15) is 11.9 Å². The van der Waals surface area contributed by atoms with Gasteiger partial charge in [-0.3, -0.25) is 0 Å². The zero-order valence-electron chi connectivity index (χ0n) is 13.0. The highest BCUT2D eigenvalue weighted by atomic mass is 16.5. The zero-order valence-corrected chi connectivity index (χ0v) is 13.0. The molecule has 2 aromatic rings. The Hall–Kier alpha value is -1.80. The number of aryl methyl sites for hydroxylation is 1. The first-order valence-electron chi connectivity index (χ1n) is 7.78. The number of nitrogens with one attached hydrogen (secondary N) is 1. The van der Waals surface area contributed by atoms with Crippen LogP contribution in [0.15, 0.2) is 54.6 Å². The molecule has 0 aliphatic heterocycles. The summed E-state index contributed by atoms with van der Waals surface area (Å²) in [4.78, 5) is 0. The molecule has 0 saturated heterocycles. The number of ether oxygens (including phenoxy) is 1. The third-order valence-electron chi connectivity index (χ3n) is 3.54. The molecule has 1 N–H and O–H groups in total. The molecule has 2 aromatic carbocycles. The Labute approximate surface area is 128 Å². The molecule has 0 amide bonds. The summed E-state index contributed by atoms with van der Waals surface area (Å²) in [6.45, 7) is 3.14. The van der Waals surface area contributed by atoms with Gasteiger partial charge in [-0.15, -0.1) is 0 Å². The second kappa shape index (κ2) is 8.48. The molecule has 2 heteroatoms. The molecule has 1 atom stereocenters. The Morgan fingerprint density at radius 2 is 1.86 bits per heavy atom. The Kier molecular flexibility index (Phi) is 6.29. The highest BCUT2D eigenvalue weighted by molar-refractivity contribution is 5.30. The van der Waals surface area contributed by atoms with Gasteiger partial charge >= 0.3 is 0 Å². The maximum absolute atomic E-state index is 6.25. The lowest BCUT2D eigenvalue weighted by molar-refractivity contribution is 0.195. The highest BCUT2D eigenvalue weighted by Crippen LogP contribution is 2.25. The van der Waals surface area contributed by atoms with Crippen molar-refractivity contribution in [2.24, 2.45) is 0 Å². The van der Waals surface area contributed by atoms with Gasteiger partial charge in [0.2, 0.25) is 0 Å². The molecular formula is C19H25NO. The van der Waals surface area contributed by atoms with Crippen LogP contribution in [0.1, 0.15) is 37.0 Å². The third kappa shape index (κ3) is 4.91. The molecule has 0 aliphatic rings. The zero-order chi connectivity index (χ0) is 14.9. The predicted molar refractivity (Wildman–Crippen MR) is 88.8 cm³/mol. The van der Waals surface area contributed by atoms with Crippen LogP contribution in [0.4, 0.5) is 0 Å². The maximum Gasteiger partial charge on any atom is 0.125 e. The fourth-order valence-corrected chi connectivity index (χ4v) is 2.46. The summed E-state index contributed by atoms with van der Waals surface area (Å²) in [5, 5.41) is 3.21. The summed E-state index contributed by atoms with van der Waals surface area (Å²) < 4.78 is 6.25. The van der Waals surface area contributed by atoms with Crippen LogP contribution in [0, 0.1) is 0 Å². The number of benzene rings is 2. The Morgan fingerprint density at radius 1 is 1.05 bits per heavy atom. The first-order chi connectivity index (χ1) is 10.3. The molecule has 0 fully saturated rings. The van der Waals surface area contributed by atoms with Crippen molar-refractivity contribution >= 4 is 0 Å². The third-order valence-corrected chi connectivity index (χ3v) is 3.54. The number of hydrogen-bond acceptors (Lipinski definition) is 2. The SMILES string of the molecule is CCCc1cccc(OC(CCNC)c2ccccc2)c1. The van der Waals surface area contributed by atoms with Crippen LogP contribution in [0.2, 0.25) is 0 Å². The van der Waals surface area contributed by atoms with E-state index in [2.05, 4.69) is 60.8 Å². The molecule has 0 aromatic heterocycles. The van der Waals surface area contributed by atoms with Gasteiger partial charge in [0.05, 0.1) is 0 Å². The summed E-state index contributed by atoms with van der Waals surface area (Å²) in [6.07, 6.45) is 3.31. The highest BCUT2D eigenvalue weighted by Gasteiger charge is 2.12. The van der Waals surface area contributed by atoms with E-state index in [1.807, 2.05) is 13.1 Å². The van der Waals surface area contributed by atoms with Gasteiger partial charge in [0.25, 0.3) is 0 Å². The second-order valence-corrected chi connectivity index (χ2v) is 5.31. The summed E-state index contributed by atoms with van der Waals surface area (Å²) in [5.74, 6) is 0.964. The normalized spacial score (nSPS) is 12.1. The van der Waals surface area contributed by atoms with Crippen molar-refractivity contribution < 1.29 is 4.74 Å². The van der Waals surface area contributed by atoms with Crippen LogP contribution in [0.25, 0.3) is 0 Å². The standard InChI is InChI=1S/C19H25NO/c1-3-8-16-9-7-12-18(15-16)21-19(13-14-20-2)17-10-5-4-6-11-17/h4-7,9-12,15,19-20H,3,8,13-14H2,1-2H3. The lowest BCUT2D eigenvalue weighted by Crippen LogP contribution is -2.16. The molecule has 1 unspecified atom stereocenters. The van der Waals surface area contributed by atoms with Crippen LogP contribution in [-0.4, -0.2) is 13.6 Å². The van der Waals surface area contributed by atoms with Gasteiger partial charge in [-0.2, -0.15) is 0 Å². The van der Waals surface area contributed by atoms with E-state index in [0.29, 0.717) is 0 Å². The van der Waals surface area contributed by atoms with Crippen LogP contribution in [-0.2, 0) is 6.42 Å². The predicted octanol–water partition coefficient (Wildman–Crippen LogP) is 4.37. The fourth-order valence-electron chi connectivity index (χ4n) is 2.46. The van der Waals surface area contributed by atoms with Crippen molar-refractivity contribution in [3.8, 4) is 5.75 Å². The van der Waals surface area contributed by atoms with Gasteiger partial charge in [0, 0.05) is 6.42 Å². The van der Waals surface area contributed by atoms with Crippen molar-refractivity contribution in [1.29, 1.82) is 0 Å². The Bertz CT molecular complexity index is 524. The lowest BCUT2D eigenvalue weighted by Gasteiger charge is -2.20. The molecular weight excluding hydrogens is 258 g/mol. The molecule has 0 radical (unpaired) electrons. The van der Waals surface area contributed by atoms with Crippen molar-refractivity contribution in [3.05, 3.63) is 65.7 Å². The van der Waals surface area contributed by atoms with Crippen LogP contribution < -0.4 is 10.1 Å². The average Bonchev–Trinajstić information content (AvgIpc) is 2.53. The van der Waals surface area contributed by atoms with E-state index in [-0.39, 0.29) is 6.10 Å². The molecule has 0 saturated carbocycles. The van der Waals surface area contributed by atoms with Crippen molar-refractivity contribution in [3.63, 3.8) is 0 Å². The van der Waals surface area contributed by atoms with Crippen LogP contribution in [0.3, 0.4) is 0 Å². The van der Waals surface area contributed by atoms with Crippen molar-refractivity contribution in [2.75, 3.05) is 13.6 Å². The molecule has 2 nitrogen and oxygen atoms in total. The Morgan fingerprint density at radius 3 is 2.57 bits per heavy atom. The van der Waals surface area contributed by atoms with E-state index in [1.165, 1.54) is 11.1 Å². The van der Waals surface area contributed by atoms with E-state index in [0.717, 1.165) is 31.6 Å². The number of rotatable bonds is 8. The van der Waals surface area contributed by atoms with Gasteiger partial charge in [-0.1, -0.05) is 55.8 Å². The molecule has 21 heavy (non-hydrogen) atoms. The van der Waals surface area contributed by atoms with Gasteiger partial charge in [-0.05, 0) is 43.3 Å². The quantitative estimate of drug-likeness (QED) is 0.777. The largest absolute Gasteiger partial charge is 0.486 e. The monoisotopic (exact) mass is 283 g/mol. The average molecular weight is 283 g/mol. The first kappa shape index (κ1) is 15.6.